The Morgan fingerprint density at radius 3 is 2.69 bits per heavy atom. The van der Waals surface area contributed by atoms with Gasteiger partial charge in [0.05, 0.1) is 6.54 Å². The predicted molar refractivity (Wildman–Crippen MR) is 107 cm³/mol. The van der Waals surface area contributed by atoms with Gasteiger partial charge in [-0.05, 0) is 42.8 Å². The van der Waals surface area contributed by atoms with E-state index in [9.17, 15) is 9.18 Å². The van der Waals surface area contributed by atoms with Crippen LogP contribution in [-0.4, -0.2) is 20.8 Å². The lowest BCUT2D eigenvalue weighted by Gasteiger charge is -2.06. The van der Waals surface area contributed by atoms with E-state index in [0.29, 0.717) is 28.7 Å². The molecule has 0 atom stereocenters. The Morgan fingerprint density at radius 2 is 1.93 bits per heavy atom. The van der Waals surface area contributed by atoms with Crippen molar-refractivity contribution in [2.45, 2.75) is 13.5 Å². The molecule has 0 aliphatic rings. The number of carbonyl (C=O) groups is 1. The molecule has 1 N–H and O–H groups in total. The number of hydrogen-bond acceptors (Lipinski definition) is 4. The van der Waals surface area contributed by atoms with Gasteiger partial charge >= 0.3 is 0 Å². The molecule has 2 aromatic heterocycles. The number of nitrogens with zero attached hydrogens (tertiary/aromatic N) is 3. The van der Waals surface area contributed by atoms with Gasteiger partial charge < -0.3 is 9.84 Å². The molecular formula is C21H16ClFN4O2. The third-order valence-corrected chi connectivity index (χ3v) is 4.74. The van der Waals surface area contributed by atoms with Crippen molar-refractivity contribution in [3.8, 4) is 11.3 Å². The molecular weight excluding hydrogens is 395 g/mol. The van der Waals surface area contributed by atoms with E-state index < -0.39 is 5.91 Å². The number of amides is 1. The van der Waals surface area contributed by atoms with Crippen LogP contribution in [0, 0.1) is 12.7 Å². The summed E-state index contributed by atoms with van der Waals surface area (Å²) < 4.78 is 20.0. The number of aryl methyl sites for hydroxylation is 1. The number of anilines is 1. The van der Waals surface area contributed by atoms with Gasteiger partial charge in [0.2, 0.25) is 0 Å². The first-order valence-corrected chi connectivity index (χ1v) is 9.19. The zero-order valence-electron chi connectivity index (χ0n) is 15.4. The molecule has 1 amide bonds. The van der Waals surface area contributed by atoms with Gasteiger partial charge in [0.15, 0.2) is 17.3 Å². The van der Waals surface area contributed by atoms with Gasteiger partial charge in [0.1, 0.15) is 5.82 Å². The van der Waals surface area contributed by atoms with Crippen molar-refractivity contribution in [1.82, 2.24) is 14.9 Å². The van der Waals surface area contributed by atoms with E-state index in [1.165, 1.54) is 18.2 Å². The molecule has 4 aromatic rings. The molecule has 4 rings (SSSR count). The van der Waals surface area contributed by atoms with Crippen LogP contribution in [0.1, 0.15) is 21.7 Å². The summed E-state index contributed by atoms with van der Waals surface area (Å²) in [6, 6.07) is 16.5. The van der Waals surface area contributed by atoms with Crippen molar-refractivity contribution < 1.29 is 13.7 Å². The van der Waals surface area contributed by atoms with Crippen LogP contribution in [0.15, 0.2) is 65.2 Å². The molecule has 2 aromatic carbocycles. The van der Waals surface area contributed by atoms with E-state index in [0.717, 1.165) is 11.3 Å². The third-order valence-electron chi connectivity index (χ3n) is 4.37. The number of rotatable bonds is 5. The van der Waals surface area contributed by atoms with Gasteiger partial charge in [-0.2, -0.15) is 5.10 Å². The number of halogens is 2. The van der Waals surface area contributed by atoms with Gasteiger partial charge in [0, 0.05) is 28.4 Å². The maximum atomic E-state index is 13.0. The van der Waals surface area contributed by atoms with Crippen LogP contribution in [0.4, 0.5) is 10.2 Å². The summed E-state index contributed by atoms with van der Waals surface area (Å²) in [5.41, 5.74) is 2.52. The highest BCUT2D eigenvalue weighted by Gasteiger charge is 2.16. The minimum atomic E-state index is -0.454. The van der Waals surface area contributed by atoms with Crippen molar-refractivity contribution in [1.29, 1.82) is 0 Å². The summed E-state index contributed by atoms with van der Waals surface area (Å²) in [5, 5.41) is 11.6. The Hall–Kier alpha value is -3.45. The first-order chi connectivity index (χ1) is 14.0. The lowest BCUT2D eigenvalue weighted by Crippen LogP contribution is -2.13. The molecule has 0 bridgehead atoms. The van der Waals surface area contributed by atoms with Crippen molar-refractivity contribution >= 4 is 23.3 Å². The smallest absolute Gasteiger partial charge is 0.279 e. The minimum absolute atomic E-state index is 0.0997. The number of carbonyl (C=O) groups excluding carboxylic acids is 1. The highest BCUT2D eigenvalue weighted by Crippen LogP contribution is 2.22. The SMILES string of the molecule is Cc1cc(NC(=O)c2cc(-c3ccc(F)cc3)on2)nn1Cc1ccccc1Cl. The van der Waals surface area contributed by atoms with Crippen LogP contribution < -0.4 is 5.32 Å². The summed E-state index contributed by atoms with van der Waals surface area (Å²) in [6.07, 6.45) is 0. The molecule has 0 aliphatic heterocycles. The largest absolute Gasteiger partial charge is 0.355 e. The van der Waals surface area contributed by atoms with Crippen molar-refractivity contribution in [3.63, 3.8) is 0 Å². The Bertz CT molecular complexity index is 1170. The number of nitrogens with one attached hydrogen (secondary N) is 1. The Labute approximate surface area is 170 Å². The van der Waals surface area contributed by atoms with Gasteiger partial charge in [-0.3, -0.25) is 9.48 Å². The van der Waals surface area contributed by atoms with Crippen LogP contribution in [0.2, 0.25) is 5.02 Å². The van der Waals surface area contributed by atoms with Crippen LogP contribution in [0.25, 0.3) is 11.3 Å². The molecule has 0 radical (unpaired) electrons. The Kier molecular flexibility index (Phi) is 5.14. The highest BCUT2D eigenvalue weighted by atomic mass is 35.5. The summed E-state index contributed by atoms with van der Waals surface area (Å²) >= 11 is 6.21. The first-order valence-electron chi connectivity index (χ1n) is 8.81. The molecule has 0 aliphatic carbocycles. The molecule has 0 saturated heterocycles. The average Bonchev–Trinajstić information content (AvgIpc) is 3.32. The average molecular weight is 411 g/mol. The molecule has 2 heterocycles. The normalized spacial score (nSPS) is 10.9. The lowest BCUT2D eigenvalue weighted by molar-refractivity contribution is 0.101. The zero-order chi connectivity index (χ0) is 20.4. The van der Waals surface area contributed by atoms with Gasteiger partial charge in [-0.15, -0.1) is 0 Å². The molecule has 6 nitrogen and oxygen atoms in total. The predicted octanol–water partition coefficient (Wildman–Crippen LogP) is 4.94. The van der Waals surface area contributed by atoms with E-state index in [2.05, 4.69) is 15.6 Å². The lowest BCUT2D eigenvalue weighted by atomic mass is 10.1. The third kappa shape index (κ3) is 4.20. The van der Waals surface area contributed by atoms with Gasteiger partial charge in [0.25, 0.3) is 5.91 Å². The fourth-order valence-corrected chi connectivity index (χ4v) is 3.03. The summed E-state index contributed by atoms with van der Waals surface area (Å²) in [6.45, 7) is 2.38. The Morgan fingerprint density at radius 1 is 1.17 bits per heavy atom. The second-order valence-corrected chi connectivity index (χ2v) is 6.86. The second-order valence-electron chi connectivity index (χ2n) is 6.46. The summed E-state index contributed by atoms with van der Waals surface area (Å²) in [4.78, 5) is 12.5. The molecule has 29 heavy (non-hydrogen) atoms. The molecule has 0 saturated carbocycles. The van der Waals surface area contributed by atoms with Crippen LogP contribution in [-0.2, 0) is 6.54 Å². The monoisotopic (exact) mass is 410 g/mol. The summed E-state index contributed by atoms with van der Waals surface area (Å²) in [5.74, 6) is -0.0417. The van der Waals surface area contributed by atoms with E-state index in [-0.39, 0.29) is 11.5 Å². The molecule has 0 fully saturated rings. The Balaban J connectivity index is 1.48. The minimum Gasteiger partial charge on any atom is -0.355 e. The van der Waals surface area contributed by atoms with Crippen LogP contribution in [0.5, 0.6) is 0 Å². The van der Waals surface area contributed by atoms with E-state index >= 15 is 0 Å². The standard InChI is InChI=1S/C21H16ClFN4O2/c1-13-10-20(25-27(13)12-15-4-2-3-5-17(15)22)24-21(28)18-11-19(29-26-18)14-6-8-16(23)9-7-14/h2-11H,12H2,1H3,(H,24,25,28). The van der Waals surface area contributed by atoms with E-state index in [1.54, 1.807) is 22.9 Å². The maximum absolute atomic E-state index is 13.0. The van der Waals surface area contributed by atoms with Crippen LogP contribution in [0.3, 0.4) is 0 Å². The topological polar surface area (TPSA) is 73.0 Å². The molecule has 146 valence electrons. The quantitative estimate of drug-likeness (QED) is 0.505. The maximum Gasteiger partial charge on any atom is 0.279 e. The van der Waals surface area contributed by atoms with Crippen LogP contribution >= 0.6 is 11.6 Å². The number of aromatic nitrogens is 3. The first kappa shape index (κ1) is 18.9. The summed E-state index contributed by atoms with van der Waals surface area (Å²) in [7, 11) is 0. The van der Waals surface area contributed by atoms with Gasteiger partial charge in [-0.25, -0.2) is 4.39 Å². The van der Waals surface area contributed by atoms with Gasteiger partial charge in [-0.1, -0.05) is 35.0 Å². The fourth-order valence-electron chi connectivity index (χ4n) is 2.83. The second kappa shape index (κ2) is 7.89. The molecule has 8 heteroatoms. The van der Waals surface area contributed by atoms with Crippen molar-refractivity contribution in [3.05, 3.63) is 88.5 Å². The number of hydrogen-bond donors (Lipinski definition) is 1. The van der Waals surface area contributed by atoms with Crippen molar-refractivity contribution in [2.75, 3.05) is 5.32 Å². The van der Waals surface area contributed by atoms with E-state index in [1.807, 2.05) is 31.2 Å². The molecule has 0 spiro atoms. The van der Waals surface area contributed by atoms with Crippen molar-refractivity contribution in [2.24, 2.45) is 0 Å². The number of benzene rings is 2. The zero-order valence-corrected chi connectivity index (χ0v) is 16.2. The highest BCUT2D eigenvalue weighted by molar-refractivity contribution is 6.31. The molecule has 0 unspecified atom stereocenters. The van der Waals surface area contributed by atoms with E-state index in [4.69, 9.17) is 16.1 Å². The fraction of sp³-hybridized carbons (Fsp3) is 0.0952.